The second kappa shape index (κ2) is 10.1. The van der Waals surface area contributed by atoms with Crippen molar-refractivity contribution in [2.24, 2.45) is 0 Å². The molecule has 2 aromatic carbocycles. The van der Waals surface area contributed by atoms with E-state index in [1.807, 2.05) is 0 Å². The topological polar surface area (TPSA) is 99.8 Å². The lowest BCUT2D eigenvalue weighted by molar-refractivity contribution is -0.137. The van der Waals surface area contributed by atoms with Gasteiger partial charge in [-0.1, -0.05) is 37.3 Å². The van der Waals surface area contributed by atoms with E-state index in [1.54, 1.807) is 42.1 Å². The van der Waals surface area contributed by atoms with E-state index < -0.39 is 23.6 Å². The highest BCUT2D eigenvalue weighted by atomic mass is 32.1. The Hall–Kier alpha value is -3.99. The number of thiazole rings is 1. The molecule has 2 heterocycles. The van der Waals surface area contributed by atoms with Crippen molar-refractivity contribution in [2.45, 2.75) is 25.4 Å². The van der Waals surface area contributed by atoms with E-state index in [9.17, 15) is 22.8 Å². The number of halogens is 3. The average Bonchev–Trinajstić information content (AvgIpc) is 3.52. The van der Waals surface area contributed by atoms with Gasteiger partial charge >= 0.3 is 6.18 Å². The Kier molecular flexibility index (Phi) is 6.97. The summed E-state index contributed by atoms with van der Waals surface area (Å²) in [5.41, 5.74) is 3.36. The summed E-state index contributed by atoms with van der Waals surface area (Å²) >= 11 is 1.33. The van der Waals surface area contributed by atoms with E-state index in [2.05, 4.69) is 25.6 Å². The Morgan fingerprint density at radius 2 is 1.86 bits per heavy atom. The van der Waals surface area contributed by atoms with Crippen LogP contribution in [0.1, 0.15) is 40.9 Å². The van der Waals surface area contributed by atoms with Crippen LogP contribution >= 0.6 is 11.3 Å². The number of amides is 2. The lowest BCUT2D eigenvalue weighted by atomic mass is 9.94. The van der Waals surface area contributed by atoms with Crippen molar-refractivity contribution < 1.29 is 22.8 Å². The molecule has 1 atom stereocenters. The van der Waals surface area contributed by atoms with Crippen molar-refractivity contribution in [3.05, 3.63) is 82.4 Å². The summed E-state index contributed by atoms with van der Waals surface area (Å²) in [6.45, 7) is 1.73. The van der Waals surface area contributed by atoms with Gasteiger partial charge in [0.1, 0.15) is 5.69 Å². The molecule has 0 saturated heterocycles. The monoisotopic (exact) mass is 499 g/mol. The van der Waals surface area contributed by atoms with Gasteiger partial charge in [0.05, 0.1) is 28.9 Å². The first-order chi connectivity index (χ1) is 16.7. The number of hydrogen-bond donors (Lipinski definition) is 3. The van der Waals surface area contributed by atoms with Gasteiger partial charge < -0.3 is 10.3 Å². The largest absolute Gasteiger partial charge is 0.416 e. The number of aromatic nitrogens is 3. The molecule has 11 heteroatoms. The molecule has 7 nitrogen and oxygen atoms in total. The Morgan fingerprint density at radius 1 is 1.09 bits per heavy atom. The fraction of sp³-hybridized carbons (Fsp3) is 0.167. The first-order valence-electron chi connectivity index (χ1n) is 10.6. The molecule has 0 bridgehead atoms. The van der Waals surface area contributed by atoms with E-state index in [0.29, 0.717) is 23.5 Å². The highest BCUT2D eigenvalue weighted by Crippen LogP contribution is 2.32. The van der Waals surface area contributed by atoms with Gasteiger partial charge in [-0.15, -0.1) is 11.3 Å². The molecule has 2 aromatic heterocycles. The van der Waals surface area contributed by atoms with E-state index in [-0.39, 0.29) is 17.4 Å². The minimum absolute atomic E-state index is 0.177. The van der Waals surface area contributed by atoms with Crippen LogP contribution in [0.25, 0.3) is 11.3 Å². The van der Waals surface area contributed by atoms with Crippen LogP contribution in [0.4, 0.5) is 24.8 Å². The molecule has 3 N–H and O–H groups in total. The van der Waals surface area contributed by atoms with E-state index in [0.717, 1.165) is 17.7 Å². The molecule has 0 aliphatic heterocycles. The highest BCUT2D eigenvalue weighted by molar-refractivity contribution is 7.07. The van der Waals surface area contributed by atoms with E-state index in [4.69, 9.17) is 0 Å². The molecule has 4 aromatic rings. The van der Waals surface area contributed by atoms with Gasteiger partial charge in [0.25, 0.3) is 5.91 Å². The zero-order valence-electron chi connectivity index (χ0n) is 18.4. The highest BCUT2D eigenvalue weighted by Gasteiger charge is 2.31. The van der Waals surface area contributed by atoms with Crippen LogP contribution in [0.5, 0.6) is 0 Å². The van der Waals surface area contributed by atoms with Crippen LogP contribution < -0.4 is 10.6 Å². The number of alkyl halides is 3. The molecule has 0 aliphatic carbocycles. The zero-order valence-corrected chi connectivity index (χ0v) is 19.2. The van der Waals surface area contributed by atoms with Crippen molar-refractivity contribution in [1.29, 1.82) is 0 Å². The Labute approximate surface area is 202 Å². The van der Waals surface area contributed by atoms with Crippen molar-refractivity contribution in [3.63, 3.8) is 0 Å². The quantitative estimate of drug-likeness (QED) is 0.293. The lowest BCUT2D eigenvalue weighted by Crippen LogP contribution is -2.21. The third kappa shape index (κ3) is 5.75. The second-order valence-electron chi connectivity index (χ2n) is 7.62. The molecule has 1 unspecified atom stereocenters. The van der Waals surface area contributed by atoms with Crippen LogP contribution in [-0.2, 0) is 11.0 Å². The Bertz CT molecular complexity index is 1320. The summed E-state index contributed by atoms with van der Waals surface area (Å²) in [5, 5.41) is 7.05. The molecule has 35 heavy (non-hydrogen) atoms. The predicted octanol–water partition coefficient (Wildman–Crippen LogP) is 5.94. The summed E-state index contributed by atoms with van der Waals surface area (Å²) in [6.07, 6.45) is -2.64. The second-order valence-corrected chi connectivity index (χ2v) is 8.34. The number of rotatable bonds is 7. The molecule has 0 saturated carbocycles. The van der Waals surface area contributed by atoms with Crippen LogP contribution in [0.3, 0.4) is 0 Å². The molecular formula is C24H20F3N5O2S. The Balaban J connectivity index is 1.43. The third-order valence-corrected chi connectivity index (χ3v) is 5.86. The number of carbonyl (C=O) groups excluding carboxylic acids is 2. The number of nitrogens with zero attached hydrogens (tertiary/aromatic N) is 2. The maximum absolute atomic E-state index is 13.1. The number of H-pyrrole nitrogens is 1. The zero-order chi connectivity index (χ0) is 25.0. The number of carbonyl (C=O) groups is 2. The molecular weight excluding hydrogens is 479 g/mol. The molecule has 0 fully saturated rings. The van der Waals surface area contributed by atoms with Crippen molar-refractivity contribution in [1.82, 2.24) is 15.0 Å². The molecule has 180 valence electrons. The van der Waals surface area contributed by atoms with Gasteiger partial charge in [-0.2, -0.15) is 13.2 Å². The standard InChI is InChI=1S/C24H20F3N5O2S/c1-2-18(15-4-3-5-16(10-15)24(25,26)27)21(33)32-23-28-11-19(31-23)14-6-8-17(9-7-14)30-22(34)20-12-35-13-29-20/h3-13,18H,2H2,1H3,(H,30,34)(H2,28,31,32,33). The van der Waals surface area contributed by atoms with Crippen LogP contribution in [-0.4, -0.2) is 26.8 Å². The van der Waals surface area contributed by atoms with E-state index >= 15 is 0 Å². The summed E-state index contributed by atoms with van der Waals surface area (Å²) in [4.78, 5) is 36.0. The normalized spacial score (nSPS) is 12.2. The van der Waals surface area contributed by atoms with Crippen LogP contribution in [0.15, 0.2) is 65.6 Å². The smallest absolute Gasteiger partial charge is 0.324 e. The number of imidazole rings is 1. The number of benzene rings is 2. The average molecular weight is 500 g/mol. The van der Waals surface area contributed by atoms with Gasteiger partial charge in [-0.25, -0.2) is 9.97 Å². The summed E-state index contributed by atoms with van der Waals surface area (Å²) in [7, 11) is 0. The summed E-state index contributed by atoms with van der Waals surface area (Å²) in [6, 6.07) is 11.8. The SMILES string of the molecule is CCC(C(=O)Nc1ncc(-c2ccc(NC(=O)c3cscn3)cc2)[nH]1)c1cccc(C(F)(F)F)c1. The third-order valence-electron chi connectivity index (χ3n) is 5.28. The van der Waals surface area contributed by atoms with Gasteiger partial charge in [-0.3, -0.25) is 14.9 Å². The number of aromatic amines is 1. The fourth-order valence-corrected chi connectivity index (χ4v) is 4.02. The summed E-state index contributed by atoms with van der Waals surface area (Å²) < 4.78 is 39.2. The van der Waals surface area contributed by atoms with Crippen LogP contribution in [0, 0.1) is 0 Å². The maximum atomic E-state index is 13.1. The van der Waals surface area contributed by atoms with Gasteiger partial charge in [-0.05, 0) is 35.7 Å². The first-order valence-corrected chi connectivity index (χ1v) is 11.5. The molecule has 2 amide bonds. The number of nitrogens with one attached hydrogen (secondary N) is 3. The van der Waals surface area contributed by atoms with Crippen molar-refractivity contribution in [3.8, 4) is 11.3 Å². The molecule has 0 radical (unpaired) electrons. The number of hydrogen-bond acceptors (Lipinski definition) is 5. The maximum Gasteiger partial charge on any atom is 0.416 e. The molecule has 4 rings (SSSR count). The van der Waals surface area contributed by atoms with Gasteiger partial charge in [0.15, 0.2) is 0 Å². The number of anilines is 2. The van der Waals surface area contributed by atoms with Crippen molar-refractivity contribution >= 4 is 34.8 Å². The van der Waals surface area contributed by atoms with Crippen LogP contribution in [0.2, 0.25) is 0 Å². The fourth-order valence-electron chi connectivity index (χ4n) is 3.49. The lowest BCUT2D eigenvalue weighted by Gasteiger charge is -2.16. The Morgan fingerprint density at radius 3 is 2.51 bits per heavy atom. The minimum Gasteiger partial charge on any atom is -0.324 e. The first kappa shape index (κ1) is 24.1. The molecule has 0 aliphatic rings. The van der Waals surface area contributed by atoms with Gasteiger partial charge in [0, 0.05) is 11.1 Å². The van der Waals surface area contributed by atoms with E-state index in [1.165, 1.54) is 29.7 Å². The summed E-state index contributed by atoms with van der Waals surface area (Å²) in [5.74, 6) is -1.37. The van der Waals surface area contributed by atoms with Gasteiger partial charge in [0.2, 0.25) is 11.9 Å². The van der Waals surface area contributed by atoms with Crippen molar-refractivity contribution in [2.75, 3.05) is 10.6 Å². The molecule has 0 spiro atoms. The minimum atomic E-state index is -4.49. The predicted molar refractivity (Wildman–Crippen MR) is 127 cm³/mol.